The summed E-state index contributed by atoms with van der Waals surface area (Å²) < 4.78 is 11.0. The second kappa shape index (κ2) is 7.70. The Labute approximate surface area is 165 Å². The number of carbonyl (C=O) groups excluding carboxylic acids is 1. The zero-order chi connectivity index (χ0) is 18.8. The minimum atomic E-state index is -0.137. The van der Waals surface area contributed by atoms with Crippen LogP contribution in [0.5, 0.6) is 11.5 Å². The Morgan fingerprint density at radius 3 is 2.81 bits per heavy atom. The van der Waals surface area contributed by atoms with Gasteiger partial charge in [-0.3, -0.25) is 4.79 Å². The van der Waals surface area contributed by atoms with Crippen molar-refractivity contribution in [2.75, 3.05) is 24.3 Å². The summed E-state index contributed by atoms with van der Waals surface area (Å²) >= 11 is 7.74. The maximum Gasteiger partial charge on any atom is 0.234 e. The summed E-state index contributed by atoms with van der Waals surface area (Å²) in [4.78, 5) is 20.2. The third-order valence-corrected chi connectivity index (χ3v) is 5.63. The van der Waals surface area contributed by atoms with Crippen molar-refractivity contribution in [1.29, 1.82) is 0 Å². The smallest absolute Gasteiger partial charge is 0.234 e. The summed E-state index contributed by atoms with van der Waals surface area (Å²) in [6.45, 7) is 2.99. The summed E-state index contributed by atoms with van der Waals surface area (Å²) in [6.07, 6.45) is 0. The van der Waals surface area contributed by atoms with Crippen LogP contribution >= 0.6 is 23.4 Å². The number of imidazole rings is 1. The summed E-state index contributed by atoms with van der Waals surface area (Å²) in [5.74, 6) is 2.18. The minimum absolute atomic E-state index is 0.0545. The molecule has 1 unspecified atom stereocenters. The number of aromatic amines is 1. The quantitative estimate of drug-likeness (QED) is 0.659. The van der Waals surface area contributed by atoms with Crippen LogP contribution in [-0.4, -0.2) is 34.8 Å². The molecule has 2 aromatic carbocycles. The van der Waals surface area contributed by atoms with E-state index in [4.69, 9.17) is 21.1 Å². The number of amides is 1. The number of ether oxygens (including phenoxy) is 2. The first kappa shape index (κ1) is 18.0. The van der Waals surface area contributed by atoms with Crippen molar-refractivity contribution in [3.05, 3.63) is 47.2 Å². The van der Waals surface area contributed by atoms with Crippen LogP contribution in [0.3, 0.4) is 0 Å². The van der Waals surface area contributed by atoms with Gasteiger partial charge in [-0.15, -0.1) is 11.8 Å². The summed E-state index contributed by atoms with van der Waals surface area (Å²) in [5, 5.41) is 3.31. The van der Waals surface area contributed by atoms with E-state index in [-0.39, 0.29) is 16.9 Å². The van der Waals surface area contributed by atoms with Gasteiger partial charge in [-0.05, 0) is 19.1 Å². The van der Waals surface area contributed by atoms with Gasteiger partial charge in [-0.1, -0.05) is 23.7 Å². The molecule has 1 amide bonds. The first-order valence-corrected chi connectivity index (χ1v) is 9.98. The third kappa shape index (κ3) is 3.99. The normalized spacial score (nSPS) is 14.1. The molecule has 6 nitrogen and oxygen atoms in total. The minimum Gasteiger partial charge on any atom is -0.486 e. The lowest BCUT2D eigenvalue weighted by Gasteiger charge is -2.20. The van der Waals surface area contributed by atoms with E-state index >= 15 is 0 Å². The number of nitrogens with one attached hydrogen (secondary N) is 2. The largest absolute Gasteiger partial charge is 0.486 e. The second-order valence-electron chi connectivity index (χ2n) is 6.12. The summed E-state index contributed by atoms with van der Waals surface area (Å²) in [7, 11) is 0. The molecule has 0 radical (unpaired) electrons. The van der Waals surface area contributed by atoms with Crippen molar-refractivity contribution < 1.29 is 14.3 Å². The molecule has 0 saturated carbocycles. The lowest BCUT2D eigenvalue weighted by Crippen LogP contribution is -2.18. The first-order chi connectivity index (χ1) is 13.1. The van der Waals surface area contributed by atoms with E-state index in [1.165, 1.54) is 11.8 Å². The van der Waals surface area contributed by atoms with Crippen LogP contribution in [0.2, 0.25) is 5.02 Å². The van der Waals surface area contributed by atoms with Crippen LogP contribution in [0.4, 0.5) is 5.69 Å². The number of rotatable bonds is 5. The number of H-pyrrole nitrogens is 1. The van der Waals surface area contributed by atoms with Crippen molar-refractivity contribution in [1.82, 2.24) is 9.97 Å². The zero-order valence-electron chi connectivity index (χ0n) is 14.6. The molecule has 0 spiro atoms. The van der Waals surface area contributed by atoms with Crippen molar-refractivity contribution >= 4 is 46.0 Å². The Balaban J connectivity index is 1.38. The fourth-order valence-electron chi connectivity index (χ4n) is 2.79. The Hall–Kier alpha value is -2.38. The molecule has 0 aliphatic carbocycles. The van der Waals surface area contributed by atoms with Crippen molar-refractivity contribution in [3.8, 4) is 11.5 Å². The van der Waals surface area contributed by atoms with Crippen LogP contribution in [-0.2, 0) is 4.79 Å². The molecule has 0 bridgehead atoms. The highest BCUT2D eigenvalue weighted by atomic mass is 35.5. The molecule has 8 heteroatoms. The number of hydrogen-bond donors (Lipinski definition) is 2. The number of aromatic nitrogens is 2. The van der Waals surface area contributed by atoms with E-state index in [9.17, 15) is 4.79 Å². The van der Waals surface area contributed by atoms with Gasteiger partial charge >= 0.3 is 0 Å². The predicted molar refractivity (Wildman–Crippen MR) is 108 cm³/mol. The van der Waals surface area contributed by atoms with Gasteiger partial charge in [0, 0.05) is 12.1 Å². The topological polar surface area (TPSA) is 76.2 Å². The third-order valence-electron chi connectivity index (χ3n) is 4.16. The fourth-order valence-corrected chi connectivity index (χ4v) is 3.73. The number of hydrogen-bond acceptors (Lipinski definition) is 5. The molecular formula is C19H18ClN3O3S. The summed E-state index contributed by atoms with van der Waals surface area (Å²) in [6, 6.07) is 11.2. The van der Waals surface area contributed by atoms with Crippen LogP contribution < -0.4 is 14.8 Å². The van der Waals surface area contributed by atoms with Gasteiger partial charge in [0.2, 0.25) is 5.91 Å². The van der Waals surface area contributed by atoms with Gasteiger partial charge in [0.05, 0.1) is 32.7 Å². The van der Waals surface area contributed by atoms with E-state index in [1.807, 2.05) is 31.2 Å². The maximum absolute atomic E-state index is 12.3. The number of carbonyl (C=O) groups is 1. The molecule has 0 fully saturated rings. The number of halogens is 1. The van der Waals surface area contributed by atoms with E-state index < -0.39 is 0 Å². The van der Waals surface area contributed by atoms with Gasteiger partial charge in [-0.2, -0.15) is 0 Å². The standard InChI is InChI=1S/C19H18ClN3O3S/c1-11(19-22-13-4-2-3-5-14(13)23-19)27-10-18(24)21-15-9-17-16(8-12(15)20)25-6-7-26-17/h2-5,8-9,11H,6-7,10H2,1H3,(H,21,24)(H,22,23). The van der Waals surface area contributed by atoms with Gasteiger partial charge in [0.15, 0.2) is 11.5 Å². The molecular weight excluding hydrogens is 386 g/mol. The number of anilines is 1. The van der Waals surface area contributed by atoms with Crippen LogP contribution in [0.25, 0.3) is 11.0 Å². The van der Waals surface area contributed by atoms with Crippen molar-refractivity contribution in [2.45, 2.75) is 12.2 Å². The molecule has 1 atom stereocenters. The van der Waals surface area contributed by atoms with Crippen LogP contribution in [0.15, 0.2) is 36.4 Å². The predicted octanol–water partition coefficient (Wildman–Crippen LogP) is 4.42. The van der Waals surface area contributed by atoms with Gasteiger partial charge < -0.3 is 19.8 Å². The number of nitrogens with zero attached hydrogens (tertiary/aromatic N) is 1. The Bertz CT molecular complexity index is 958. The van der Waals surface area contributed by atoms with Gasteiger partial charge in [0.25, 0.3) is 0 Å². The summed E-state index contributed by atoms with van der Waals surface area (Å²) in [5.41, 5.74) is 2.43. The highest BCUT2D eigenvalue weighted by molar-refractivity contribution is 8.00. The number of fused-ring (bicyclic) bond motifs is 2. The Kier molecular flexibility index (Phi) is 5.13. The molecule has 4 rings (SSSR count). The number of benzene rings is 2. The molecule has 2 heterocycles. The highest BCUT2D eigenvalue weighted by Gasteiger charge is 2.18. The monoisotopic (exact) mass is 403 g/mol. The number of para-hydroxylation sites is 2. The van der Waals surface area contributed by atoms with E-state index in [2.05, 4.69) is 15.3 Å². The van der Waals surface area contributed by atoms with Crippen LogP contribution in [0.1, 0.15) is 18.0 Å². The molecule has 1 aromatic heterocycles. The Morgan fingerprint density at radius 2 is 2.04 bits per heavy atom. The molecule has 1 aliphatic rings. The zero-order valence-corrected chi connectivity index (χ0v) is 16.2. The van der Waals surface area contributed by atoms with Crippen molar-refractivity contribution in [3.63, 3.8) is 0 Å². The molecule has 3 aromatic rings. The fraction of sp³-hybridized carbons (Fsp3) is 0.263. The average molecular weight is 404 g/mol. The Morgan fingerprint density at radius 1 is 1.30 bits per heavy atom. The lowest BCUT2D eigenvalue weighted by molar-refractivity contribution is -0.113. The van der Waals surface area contributed by atoms with Gasteiger partial charge in [0.1, 0.15) is 19.0 Å². The maximum atomic E-state index is 12.3. The first-order valence-electron chi connectivity index (χ1n) is 8.55. The molecule has 140 valence electrons. The molecule has 1 aliphatic heterocycles. The average Bonchev–Trinajstić information content (AvgIpc) is 3.11. The number of thioether (sulfide) groups is 1. The second-order valence-corrected chi connectivity index (χ2v) is 7.85. The molecule has 0 saturated heterocycles. The van der Waals surface area contributed by atoms with E-state index in [1.54, 1.807) is 12.1 Å². The molecule has 27 heavy (non-hydrogen) atoms. The van der Waals surface area contributed by atoms with E-state index in [0.717, 1.165) is 16.9 Å². The van der Waals surface area contributed by atoms with Gasteiger partial charge in [-0.25, -0.2) is 4.98 Å². The van der Waals surface area contributed by atoms with Crippen LogP contribution in [0, 0.1) is 0 Å². The SMILES string of the molecule is CC(SCC(=O)Nc1cc2c(cc1Cl)OCCO2)c1nc2ccccc2[nH]1. The van der Waals surface area contributed by atoms with Crippen molar-refractivity contribution in [2.24, 2.45) is 0 Å². The molecule has 2 N–H and O–H groups in total. The highest BCUT2D eigenvalue weighted by Crippen LogP contribution is 2.38. The lowest BCUT2D eigenvalue weighted by atomic mass is 10.2. The van der Waals surface area contributed by atoms with E-state index in [0.29, 0.717) is 35.4 Å².